The summed E-state index contributed by atoms with van der Waals surface area (Å²) in [5, 5.41) is 3.22. The fourth-order valence-electron chi connectivity index (χ4n) is 1.41. The van der Waals surface area contributed by atoms with Crippen LogP contribution in [-0.2, 0) is 0 Å². The van der Waals surface area contributed by atoms with E-state index in [0.717, 1.165) is 0 Å². The van der Waals surface area contributed by atoms with E-state index in [2.05, 4.69) is 15.3 Å². The van der Waals surface area contributed by atoms with Crippen molar-refractivity contribution in [3.63, 3.8) is 0 Å². The maximum Gasteiger partial charge on any atom is 0.255 e. The highest BCUT2D eigenvalue weighted by Crippen LogP contribution is 2.23. The van der Waals surface area contributed by atoms with Crippen LogP contribution in [0, 0.1) is 0 Å². The van der Waals surface area contributed by atoms with Crippen LogP contribution in [0.25, 0.3) is 0 Å². The molecule has 2 rings (SSSR count). The molecule has 0 saturated heterocycles. The Hall–Kier alpha value is -2.05. The van der Waals surface area contributed by atoms with Crippen LogP contribution in [0.4, 0.5) is 17.3 Å². The summed E-state index contributed by atoms with van der Waals surface area (Å²) in [6.07, 6.45) is 1.20. The molecular weight excluding hydrogens is 289 g/mol. The van der Waals surface area contributed by atoms with Crippen molar-refractivity contribution in [3.05, 3.63) is 40.1 Å². The Labute approximate surface area is 118 Å². The quantitative estimate of drug-likeness (QED) is 0.788. The molecule has 1 heterocycles. The van der Waals surface area contributed by atoms with Gasteiger partial charge >= 0.3 is 0 Å². The van der Waals surface area contributed by atoms with Gasteiger partial charge in [-0.25, -0.2) is 9.97 Å². The van der Waals surface area contributed by atoms with Gasteiger partial charge in [-0.15, -0.1) is 0 Å². The number of aromatic nitrogens is 2. The zero-order valence-corrected chi connectivity index (χ0v) is 11.0. The molecule has 0 aliphatic carbocycles. The largest absolute Gasteiger partial charge is 0.382 e. The summed E-state index contributed by atoms with van der Waals surface area (Å²) in [6.45, 7) is 0. The number of nitrogen functional groups attached to an aromatic ring is 2. The summed E-state index contributed by atoms with van der Waals surface area (Å²) in [6, 6.07) is 4.46. The van der Waals surface area contributed by atoms with Crippen LogP contribution in [0.2, 0.25) is 10.0 Å². The normalized spacial score (nSPS) is 10.2. The summed E-state index contributed by atoms with van der Waals surface area (Å²) < 4.78 is 0. The smallest absolute Gasteiger partial charge is 0.255 e. The molecule has 0 bridgehead atoms. The topological polar surface area (TPSA) is 107 Å². The number of hydrogen-bond donors (Lipinski definition) is 3. The van der Waals surface area contributed by atoms with E-state index in [4.69, 9.17) is 34.7 Å². The lowest BCUT2D eigenvalue weighted by atomic mass is 10.2. The third-order valence-electron chi connectivity index (χ3n) is 2.27. The molecule has 19 heavy (non-hydrogen) atoms. The number of hydrogen-bond acceptors (Lipinski definition) is 5. The van der Waals surface area contributed by atoms with E-state index in [9.17, 15) is 4.79 Å². The Balaban J connectivity index is 2.31. The molecule has 0 radical (unpaired) electrons. The highest BCUT2D eigenvalue weighted by atomic mass is 35.5. The SMILES string of the molecule is Nc1ncnc(N)c1NC(=O)c1cc(Cl)cc(Cl)c1. The van der Waals surface area contributed by atoms with Crippen molar-refractivity contribution in [3.8, 4) is 0 Å². The number of carbonyl (C=O) groups is 1. The first-order chi connectivity index (χ1) is 8.97. The summed E-state index contributed by atoms with van der Waals surface area (Å²) in [5.41, 5.74) is 11.7. The van der Waals surface area contributed by atoms with Crippen LogP contribution < -0.4 is 16.8 Å². The molecule has 0 unspecified atom stereocenters. The molecule has 0 aliphatic heterocycles. The lowest BCUT2D eigenvalue weighted by Crippen LogP contribution is -2.16. The summed E-state index contributed by atoms with van der Waals surface area (Å²) in [7, 11) is 0. The van der Waals surface area contributed by atoms with Crippen LogP contribution in [0.15, 0.2) is 24.5 Å². The fraction of sp³-hybridized carbons (Fsp3) is 0. The van der Waals surface area contributed by atoms with Crippen LogP contribution in [0.5, 0.6) is 0 Å². The Morgan fingerprint density at radius 3 is 2.11 bits per heavy atom. The Kier molecular flexibility index (Phi) is 3.73. The molecule has 0 fully saturated rings. The van der Waals surface area contributed by atoms with Crippen molar-refractivity contribution in [2.24, 2.45) is 0 Å². The first-order valence-corrected chi connectivity index (χ1v) is 5.86. The van der Waals surface area contributed by atoms with E-state index in [1.54, 1.807) is 0 Å². The predicted molar refractivity (Wildman–Crippen MR) is 75.3 cm³/mol. The molecule has 2 aromatic rings. The van der Waals surface area contributed by atoms with E-state index >= 15 is 0 Å². The van der Waals surface area contributed by atoms with Crippen molar-refractivity contribution >= 4 is 46.4 Å². The van der Waals surface area contributed by atoms with Crippen molar-refractivity contribution in [2.75, 3.05) is 16.8 Å². The first-order valence-electron chi connectivity index (χ1n) is 5.11. The van der Waals surface area contributed by atoms with Gasteiger partial charge in [-0.1, -0.05) is 23.2 Å². The van der Waals surface area contributed by atoms with Gasteiger partial charge in [-0.2, -0.15) is 0 Å². The van der Waals surface area contributed by atoms with Crippen molar-refractivity contribution < 1.29 is 4.79 Å². The van der Waals surface area contributed by atoms with E-state index in [0.29, 0.717) is 10.0 Å². The van der Waals surface area contributed by atoms with Gasteiger partial charge in [-0.3, -0.25) is 4.79 Å². The molecule has 0 aliphatic rings. The number of benzene rings is 1. The summed E-state index contributed by atoms with van der Waals surface area (Å²) in [4.78, 5) is 19.5. The third-order valence-corrected chi connectivity index (χ3v) is 2.71. The van der Waals surface area contributed by atoms with Crippen LogP contribution in [-0.4, -0.2) is 15.9 Å². The third kappa shape index (κ3) is 3.04. The second-order valence-electron chi connectivity index (χ2n) is 3.63. The first kappa shape index (κ1) is 13.4. The van der Waals surface area contributed by atoms with Crippen molar-refractivity contribution in [1.29, 1.82) is 0 Å². The maximum absolute atomic E-state index is 12.0. The molecule has 1 amide bonds. The van der Waals surface area contributed by atoms with Gasteiger partial charge in [0.15, 0.2) is 11.6 Å². The Morgan fingerprint density at radius 1 is 1.05 bits per heavy atom. The molecular formula is C11H9Cl2N5O. The zero-order chi connectivity index (χ0) is 14.0. The molecule has 1 aromatic heterocycles. The number of anilines is 3. The number of nitrogens with one attached hydrogen (secondary N) is 1. The van der Waals surface area contributed by atoms with E-state index in [1.165, 1.54) is 24.5 Å². The molecule has 0 atom stereocenters. The van der Waals surface area contributed by atoms with Crippen LogP contribution >= 0.6 is 23.2 Å². The van der Waals surface area contributed by atoms with Crippen molar-refractivity contribution in [2.45, 2.75) is 0 Å². The predicted octanol–water partition coefficient (Wildman–Crippen LogP) is 2.20. The van der Waals surface area contributed by atoms with Gasteiger partial charge in [-0.05, 0) is 18.2 Å². The highest BCUT2D eigenvalue weighted by molar-refractivity contribution is 6.35. The average Bonchev–Trinajstić information content (AvgIpc) is 2.32. The zero-order valence-electron chi connectivity index (χ0n) is 9.52. The number of nitrogens with zero attached hydrogens (tertiary/aromatic N) is 2. The maximum atomic E-state index is 12.0. The minimum Gasteiger partial charge on any atom is -0.382 e. The molecule has 6 nitrogen and oxygen atoms in total. The molecule has 8 heteroatoms. The molecule has 0 saturated carbocycles. The molecule has 1 aromatic carbocycles. The minimum atomic E-state index is -0.461. The average molecular weight is 298 g/mol. The highest BCUT2D eigenvalue weighted by Gasteiger charge is 2.13. The Morgan fingerprint density at radius 2 is 1.58 bits per heavy atom. The van der Waals surface area contributed by atoms with E-state index in [1.807, 2.05) is 0 Å². The monoisotopic (exact) mass is 297 g/mol. The van der Waals surface area contributed by atoms with Gasteiger partial charge in [0.1, 0.15) is 12.0 Å². The standard InChI is InChI=1S/C11H9Cl2N5O/c12-6-1-5(2-7(13)3-6)11(19)18-8-9(14)16-4-17-10(8)15/h1-4H,(H,18,19)(H4,14,15,16,17). The minimum absolute atomic E-state index is 0.0778. The van der Waals surface area contributed by atoms with E-state index < -0.39 is 5.91 Å². The Bertz CT molecular complexity index is 606. The lowest BCUT2D eigenvalue weighted by Gasteiger charge is -2.09. The molecule has 5 N–H and O–H groups in total. The summed E-state index contributed by atoms with van der Waals surface area (Å²) >= 11 is 11.6. The van der Waals surface area contributed by atoms with Crippen molar-refractivity contribution in [1.82, 2.24) is 9.97 Å². The fourth-order valence-corrected chi connectivity index (χ4v) is 1.94. The molecule has 98 valence electrons. The van der Waals surface area contributed by atoms with Crippen LogP contribution in [0.3, 0.4) is 0 Å². The second kappa shape index (κ2) is 5.29. The van der Waals surface area contributed by atoms with Gasteiger partial charge < -0.3 is 16.8 Å². The van der Waals surface area contributed by atoms with Gasteiger partial charge in [0.25, 0.3) is 5.91 Å². The number of amides is 1. The van der Waals surface area contributed by atoms with Gasteiger partial charge in [0.2, 0.25) is 0 Å². The van der Waals surface area contributed by atoms with Crippen LogP contribution in [0.1, 0.15) is 10.4 Å². The lowest BCUT2D eigenvalue weighted by molar-refractivity contribution is 0.102. The summed E-state index contributed by atoms with van der Waals surface area (Å²) in [5.74, 6) is -0.305. The number of carbonyl (C=O) groups excluding carboxylic acids is 1. The second-order valence-corrected chi connectivity index (χ2v) is 4.50. The number of rotatable bonds is 2. The molecule has 0 spiro atoms. The van der Waals surface area contributed by atoms with Gasteiger partial charge in [0.05, 0.1) is 0 Å². The number of nitrogens with two attached hydrogens (primary N) is 2. The number of halogens is 2. The van der Waals surface area contributed by atoms with E-state index in [-0.39, 0.29) is 22.9 Å². The van der Waals surface area contributed by atoms with Gasteiger partial charge in [0, 0.05) is 15.6 Å².